The van der Waals surface area contributed by atoms with Crippen LogP contribution < -0.4 is 19.2 Å². The molecule has 1 amide bonds. The fraction of sp³-hybridized carbons (Fsp3) is 0.111. The van der Waals surface area contributed by atoms with Gasteiger partial charge in [-0.2, -0.15) is 5.10 Å². The van der Waals surface area contributed by atoms with Gasteiger partial charge in [0.2, 0.25) is 0 Å². The van der Waals surface area contributed by atoms with E-state index in [9.17, 15) is 13.2 Å². The summed E-state index contributed by atoms with van der Waals surface area (Å²) < 4.78 is 41.5. The summed E-state index contributed by atoms with van der Waals surface area (Å²) in [5.74, 6) is 0.269. The minimum Gasteiger partial charge on any atom is -0.493 e. The zero-order valence-electron chi connectivity index (χ0n) is 26.2. The molecule has 0 aromatic heterocycles. The van der Waals surface area contributed by atoms with Gasteiger partial charge in [-0.25, -0.2) is 13.8 Å². The van der Waals surface area contributed by atoms with Crippen molar-refractivity contribution in [3.8, 4) is 11.5 Å². The Morgan fingerprint density at radius 2 is 1.59 bits per heavy atom. The second kappa shape index (κ2) is 16.1. The molecular formula is C36H29BrCl3N3O5S. The van der Waals surface area contributed by atoms with Gasteiger partial charge in [-0.1, -0.05) is 82.8 Å². The zero-order valence-corrected chi connectivity index (χ0v) is 30.8. The van der Waals surface area contributed by atoms with Crippen molar-refractivity contribution < 1.29 is 22.7 Å². The number of hydrogen-bond donors (Lipinski definition) is 1. The van der Waals surface area contributed by atoms with E-state index in [2.05, 4.69) is 26.5 Å². The summed E-state index contributed by atoms with van der Waals surface area (Å²) in [5, 5.41) is 5.54. The topological polar surface area (TPSA) is 97.3 Å². The molecule has 0 fully saturated rings. The van der Waals surface area contributed by atoms with Gasteiger partial charge in [0.1, 0.15) is 6.61 Å². The number of sulfonamides is 1. The molecule has 1 N–H and O–H groups in total. The SMILES string of the molecule is COc1cc(/C=N\NC(=O)c2ccccc2N(Cc2ccc(Cl)cc2)S(=O)(=O)c2ccc(C)cc2)cc(Br)c1OCc1ccc(Cl)c(Cl)c1. The van der Waals surface area contributed by atoms with Crippen LogP contribution in [0.4, 0.5) is 5.69 Å². The quantitative estimate of drug-likeness (QED) is 0.100. The summed E-state index contributed by atoms with van der Waals surface area (Å²) in [7, 11) is -2.60. The Labute approximate surface area is 308 Å². The molecule has 49 heavy (non-hydrogen) atoms. The van der Waals surface area contributed by atoms with Crippen LogP contribution in [0.5, 0.6) is 11.5 Å². The number of aryl methyl sites for hydroxylation is 1. The largest absolute Gasteiger partial charge is 0.493 e. The first-order valence-electron chi connectivity index (χ1n) is 14.7. The first kappa shape index (κ1) is 36.2. The van der Waals surface area contributed by atoms with E-state index < -0.39 is 15.9 Å². The maximum atomic E-state index is 14.1. The molecule has 0 unspecified atom stereocenters. The van der Waals surface area contributed by atoms with E-state index in [0.717, 1.165) is 11.1 Å². The van der Waals surface area contributed by atoms with Gasteiger partial charge in [0.25, 0.3) is 15.9 Å². The van der Waals surface area contributed by atoms with Crippen LogP contribution in [0.25, 0.3) is 0 Å². The average Bonchev–Trinajstić information content (AvgIpc) is 3.09. The van der Waals surface area contributed by atoms with Gasteiger partial charge in [0.15, 0.2) is 11.5 Å². The number of carbonyl (C=O) groups excluding carboxylic acids is 1. The number of nitrogens with zero attached hydrogens (tertiary/aromatic N) is 2. The molecule has 5 rings (SSSR count). The molecule has 0 saturated carbocycles. The minimum atomic E-state index is -4.10. The van der Waals surface area contributed by atoms with E-state index in [1.807, 2.05) is 13.0 Å². The van der Waals surface area contributed by atoms with Gasteiger partial charge in [-0.15, -0.1) is 0 Å². The van der Waals surface area contributed by atoms with E-state index in [1.165, 1.54) is 17.6 Å². The fourth-order valence-corrected chi connectivity index (χ4v) is 7.23. The summed E-state index contributed by atoms with van der Waals surface area (Å²) in [6.45, 7) is 2.04. The lowest BCUT2D eigenvalue weighted by molar-refractivity contribution is 0.0955. The van der Waals surface area contributed by atoms with Crippen molar-refractivity contribution in [1.82, 2.24) is 5.43 Å². The van der Waals surface area contributed by atoms with Crippen molar-refractivity contribution in [2.75, 3.05) is 11.4 Å². The predicted octanol–water partition coefficient (Wildman–Crippen LogP) is 9.46. The molecule has 252 valence electrons. The van der Waals surface area contributed by atoms with Gasteiger partial charge < -0.3 is 9.47 Å². The maximum absolute atomic E-state index is 14.1. The van der Waals surface area contributed by atoms with Gasteiger partial charge in [0.05, 0.1) is 50.5 Å². The summed E-state index contributed by atoms with van der Waals surface area (Å²) in [6, 6.07) is 28.5. The van der Waals surface area contributed by atoms with Gasteiger partial charge in [-0.05, 0) is 100 Å². The Hall–Kier alpha value is -4.06. The van der Waals surface area contributed by atoms with Crippen molar-refractivity contribution in [1.29, 1.82) is 0 Å². The standard InChI is InChI=1S/C36H29BrCl3N3O5S/c1-23-7-14-28(15-8-23)49(45,46)43(21-24-9-12-27(38)13-10-24)33-6-4-3-5-29(33)36(44)42-41-20-26-17-30(37)35(34(19-26)47-2)48-22-25-11-16-31(39)32(40)18-25/h3-20H,21-22H2,1-2H3,(H,42,44)/b41-20-. The fourth-order valence-electron chi connectivity index (χ4n) is 4.74. The number of benzene rings is 5. The lowest BCUT2D eigenvalue weighted by Gasteiger charge is -2.26. The van der Waals surface area contributed by atoms with Crippen LogP contribution in [0, 0.1) is 6.92 Å². The van der Waals surface area contributed by atoms with Crippen molar-refractivity contribution in [2.45, 2.75) is 25.0 Å². The smallest absolute Gasteiger partial charge is 0.273 e. The van der Waals surface area contributed by atoms with Crippen LogP contribution in [0.15, 0.2) is 118 Å². The van der Waals surface area contributed by atoms with Gasteiger partial charge in [0, 0.05) is 5.02 Å². The molecule has 0 bridgehead atoms. The number of hydrazone groups is 1. The molecule has 5 aromatic rings. The number of ether oxygens (including phenoxy) is 2. The summed E-state index contributed by atoms with van der Waals surface area (Å²) in [5.41, 5.74) is 5.80. The Balaban J connectivity index is 1.38. The molecule has 0 heterocycles. The van der Waals surface area contributed by atoms with E-state index in [-0.39, 0.29) is 29.3 Å². The molecule has 8 nitrogen and oxygen atoms in total. The molecule has 0 radical (unpaired) electrons. The van der Waals surface area contributed by atoms with Crippen LogP contribution in [-0.2, 0) is 23.2 Å². The van der Waals surface area contributed by atoms with Gasteiger partial charge >= 0.3 is 0 Å². The normalized spacial score (nSPS) is 11.4. The second-order valence-corrected chi connectivity index (χ2v) is 14.7. The van der Waals surface area contributed by atoms with E-state index >= 15 is 0 Å². The highest BCUT2D eigenvalue weighted by atomic mass is 79.9. The van der Waals surface area contributed by atoms with E-state index in [1.54, 1.807) is 97.1 Å². The van der Waals surface area contributed by atoms with Crippen LogP contribution in [-0.4, -0.2) is 27.6 Å². The van der Waals surface area contributed by atoms with Crippen molar-refractivity contribution in [2.24, 2.45) is 5.10 Å². The Morgan fingerprint density at radius 3 is 2.29 bits per heavy atom. The molecule has 0 aliphatic heterocycles. The van der Waals surface area contributed by atoms with Crippen molar-refractivity contribution in [3.05, 3.63) is 150 Å². The molecule has 0 spiro atoms. The monoisotopic (exact) mass is 799 g/mol. The van der Waals surface area contributed by atoms with Crippen molar-refractivity contribution in [3.63, 3.8) is 0 Å². The number of amides is 1. The highest BCUT2D eigenvalue weighted by molar-refractivity contribution is 9.10. The lowest BCUT2D eigenvalue weighted by atomic mass is 10.1. The van der Waals surface area contributed by atoms with Crippen LogP contribution in [0.3, 0.4) is 0 Å². The third-order valence-electron chi connectivity index (χ3n) is 7.26. The number of methoxy groups -OCH3 is 1. The number of rotatable bonds is 12. The Bertz CT molecular complexity index is 2110. The van der Waals surface area contributed by atoms with Crippen molar-refractivity contribution >= 4 is 78.6 Å². The highest BCUT2D eigenvalue weighted by Crippen LogP contribution is 2.37. The van der Waals surface area contributed by atoms with E-state index in [4.69, 9.17) is 44.3 Å². The van der Waals surface area contributed by atoms with E-state index in [0.29, 0.717) is 42.2 Å². The first-order valence-corrected chi connectivity index (χ1v) is 18.0. The van der Waals surface area contributed by atoms with Crippen LogP contribution >= 0.6 is 50.7 Å². The first-order chi connectivity index (χ1) is 23.5. The highest BCUT2D eigenvalue weighted by Gasteiger charge is 2.28. The summed E-state index contributed by atoms with van der Waals surface area (Å²) >= 11 is 21.8. The molecule has 13 heteroatoms. The predicted molar refractivity (Wildman–Crippen MR) is 199 cm³/mol. The molecule has 0 atom stereocenters. The van der Waals surface area contributed by atoms with Crippen LogP contribution in [0.2, 0.25) is 15.1 Å². The molecule has 0 aliphatic carbocycles. The number of nitrogens with one attached hydrogen (secondary N) is 1. The number of anilines is 1. The third-order valence-corrected chi connectivity index (χ3v) is 10.6. The Morgan fingerprint density at radius 1 is 0.898 bits per heavy atom. The summed E-state index contributed by atoms with van der Waals surface area (Å²) in [6.07, 6.45) is 1.44. The number of hydrogen-bond acceptors (Lipinski definition) is 6. The maximum Gasteiger partial charge on any atom is 0.273 e. The minimum absolute atomic E-state index is 0.0474. The van der Waals surface area contributed by atoms with Crippen LogP contribution in [0.1, 0.15) is 32.6 Å². The lowest BCUT2D eigenvalue weighted by Crippen LogP contribution is -2.33. The molecule has 0 saturated heterocycles. The van der Waals surface area contributed by atoms with Gasteiger partial charge in [-0.3, -0.25) is 9.10 Å². The molecular weight excluding hydrogens is 773 g/mol. The zero-order chi connectivity index (χ0) is 35.1. The average molecular weight is 802 g/mol. The number of carbonyl (C=O) groups is 1. The number of para-hydroxylation sites is 1. The summed E-state index contributed by atoms with van der Waals surface area (Å²) in [4.78, 5) is 13.6. The number of halogens is 4. The molecule has 5 aromatic carbocycles. The Kier molecular flexibility index (Phi) is 11.9. The molecule has 0 aliphatic rings. The second-order valence-electron chi connectivity index (χ2n) is 10.7. The third kappa shape index (κ3) is 8.95.